The zero-order chi connectivity index (χ0) is 20.5. The topological polar surface area (TPSA) is 158 Å². The highest BCUT2D eigenvalue weighted by molar-refractivity contribution is 6.20. The maximum Gasteiger partial charge on any atom is 0.255 e. The standard InChI is InChI=1S/C20H19NO7/c1-7-8-3-2-4-11(22)14(8)16(24)9-6-20(28)10(17(25)13(7)9)5-12(23)15(18(20)26)19(21)27/h2-4,6-7,10,13,17,22,25-26,28H,5H2,1H3,(H2,21,27)/t7?,10-,13-,17?,20-/m1/s1. The molecule has 0 spiro atoms. The fourth-order valence-corrected chi connectivity index (χ4v) is 4.85. The van der Waals surface area contributed by atoms with Crippen molar-refractivity contribution in [1.29, 1.82) is 0 Å². The first-order valence-electron chi connectivity index (χ1n) is 8.86. The lowest BCUT2D eigenvalue weighted by Gasteiger charge is -2.49. The van der Waals surface area contributed by atoms with Gasteiger partial charge in [0.25, 0.3) is 5.91 Å². The zero-order valence-corrected chi connectivity index (χ0v) is 14.9. The number of primary amides is 1. The summed E-state index contributed by atoms with van der Waals surface area (Å²) in [4.78, 5) is 36.9. The van der Waals surface area contributed by atoms with E-state index in [0.29, 0.717) is 5.56 Å². The number of benzene rings is 1. The third kappa shape index (κ3) is 2.15. The molecular weight excluding hydrogens is 366 g/mol. The Morgan fingerprint density at radius 3 is 2.57 bits per heavy atom. The molecule has 2 unspecified atom stereocenters. The summed E-state index contributed by atoms with van der Waals surface area (Å²) >= 11 is 0. The molecule has 0 saturated heterocycles. The Hall–Kier alpha value is -2.97. The number of nitrogens with two attached hydrogens (primary N) is 1. The van der Waals surface area contributed by atoms with E-state index in [1.165, 1.54) is 6.07 Å². The highest BCUT2D eigenvalue weighted by Crippen LogP contribution is 2.53. The van der Waals surface area contributed by atoms with Crippen molar-refractivity contribution in [2.75, 3.05) is 0 Å². The average molecular weight is 385 g/mol. The fraction of sp³-hybridized carbons (Fsp3) is 0.350. The number of hydrogen-bond acceptors (Lipinski definition) is 7. The van der Waals surface area contributed by atoms with Crippen molar-refractivity contribution < 1.29 is 34.8 Å². The molecule has 1 aromatic carbocycles. The lowest BCUT2D eigenvalue weighted by Crippen LogP contribution is -2.57. The molecule has 0 heterocycles. The molecule has 3 aliphatic rings. The Balaban J connectivity index is 1.97. The number of aliphatic hydroxyl groups excluding tert-OH is 2. The van der Waals surface area contributed by atoms with E-state index in [9.17, 15) is 34.8 Å². The molecule has 4 rings (SSSR count). The van der Waals surface area contributed by atoms with Crippen LogP contribution in [-0.2, 0) is 9.59 Å². The van der Waals surface area contributed by atoms with Gasteiger partial charge >= 0.3 is 0 Å². The number of ketones is 2. The molecule has 0 saturated carbocycles. The number of fused-ring (bicyclic) bond motifs is 3. The van der Waals surface area contributed by atoms with Crippen molar-refractivity contribution in [2.24, 2.45) is 17.6 Å². The summed E-state index contributed by atoms with van der Waals surface area (Å²) in [7, 11) is 0. The van der Waals surface area contributed by atoms with Crippen molar-refractivity contribution in [3.63, 3.8) is 0 Å². The number of aliphatic hydroxyl groups is 3. The van der Waals surface area contributed by atoms with Crippen LogP contribution in [0.3, 0.4) is 0 Å². The van der Waals surface area contributed by atoms with E-state index in [2.05, 4.69) is 0 Å². The number of carbonyl (C=O) groups excluding carboxylic acids is 3. The molecule has 1 amide bonds. The van der Waals surface area contributed by atoms with Crippen LogP contribution < -0.4 is 5.73 Å². The lowest BCUT2D eigenvalue weighted by atomic mass is 9.58. The van der Waals surface area contributed by atoms with Gasteiger partial charge < -0.3 is 26.2 Å². The lowest BCUT2D eigenvalue weighted by molar-refractivity contribution is -0.131. The molecule has 28 heavy (non-hydrogen) atoms. The molecule has 3 aliphatic carbocycles. The predicted octanol–water partition coefficient (Wildman–Crippen LogP) is 0.227. The van der Waals surface area contributed by atoms with Gasteiger partial charge in [-0.1, -0.05) is 19.1 Å². The fourth-order valence-electron chi connectivity index (χ4n) is 4.85. The summed E-state index contributed by atoms with van der Waals surface area (Å²) in [5.41, 5.74) is 2.76. The smallest absolute Gasteiger partial charge is 0.255 e. The Labute approximate surface area is 159 Å². The molecule has 8 nitrogen and oxygen atoms in total. The number of amides is 1. The first kappa shape index (κ1) is 18.4. The number of carbonyl (C=O) groups is 3. The van der Waals surface area contributed by atoms with Crippen LogP contribution in [0, 0.1) is 11.8 Å². The SMILES string of the molecule is CC1c2cccc(O)c2C(=O)C2=C[C@]3(O)C(O)=C(C(N)=O)C(=O)C[C@@H]3C(O)[C@@H]21. The van der Waals surface area contributed by atoms with Crippen LogP contribution in [0.5, 0.6) is 5.75 Å². The molecular formula is C20H19NO7. The maximum absolute atomic E-state index is 13.1. The summed E-state index contributed by atoms with van der Waals surface area (Å²) in [5, 5.41) is 42.7. The van der Waals surface area contributed by atoms with Crippen LogP contribution in [0.4, 0.5) is 0 Å². The van der Waals surface area contributed by atoms with Crippen LogP contribution in [0.1, 0.15) is 35.2 Å². The van der Waals surface area contributed by atoms with Gasteiger partial charge in [-0.3, -0.25) is 14.4 Å². The molecule has 1 aromatic rings. The predicted molar refractivity (Wildman–Crippen MR) is 95.3 cm³/mol. The molecule has 0 fully saturated rings. The molecule has 0 bridgehead atoms. The van der Waals surface area contributed by atoms with Crippen molar-refractivity contribution in [2.45, 2.75) is 31.0 Å². The minimum atomic E-state index is -2.29. The Bertz CT molecular complexity index is 1010. The second-order valence-corrected chi connectivity index (χ2v) is 7.62. The van der Waals surface area contributed by atoms with E-state index < -0.39 is 64.7 Å². The van der Waals surface area contributed by atoms with E-state index in [0.717, 1.165) is 6.08 Å². The molecule has 5 atom stereocenters. The summed E-state index contributed by atoms with van der Waals surface area (Å²) in [5.74, 6) is -6.05. The van der Waals surface area contributed by atoms with Gasteiger partial charge in [-0.05, 0) is 23.6 Å². The largest absolute Gasteiger partial charge is 0.508 e. The van der Waals surface area contributed by atoms with Crippen LogP contribution in [0.15, 0.2) is 41.2 Å². The minimum Gasteiger partial charge on any atom is -0.508 e. The van der Waals surface area contributed by atoms with Crippen molar-refractivity contribution >= 4 is 17.5 Å². The number of phenolic OH excluding ortho intramolecular Hbond substituents is 1. The molecule has 8 heteroatoms. The quantitative estimate of drug-likeness (QED) is 0.433. The minimum absolute atomic E-state index is 0.0115. The van der Waals surface area contributed by atoms with E-state index >= 15 is 0 Å². The number of rotatable bonds is 1. The van der Waals surface area contributed by atoms with Gasteiger partial charge in [-0.15, -0.1) is 0 Å². The normalized spacial score (nSPS) is 34.3. The average Bonchev–Trinajstić information content (AvgIpc) is 2.61. The van der Waals surface area contributed by atoms with E-state index in [1.807, 2.05) is 0 Å². The summed E-state index contributed by atoms with van der Waals surface area (Å²) in [6.07, 6.45) is -0.665. The first-order valence-corrected chi connectivity index (χ1v) is 8.86. The Kier molecular flexibility index (Phi) is 3.79. The maximum atomic E-state index is 13.1. The summed E-state index contributed by atoms with van der Waals surface area (Å²) in [6, 6.07) is 4.63. The van der Waals surface area contributed by atoms with E-state index in [1.54, 1.807) is 19.1 Å². The number of phenols is 1. The van der Waals surface area contributed by atoms with Crippen LogP contribution in [0.25, 0.3) is 0 Å². The summed E-state index contributed by atoms with van der Waals surface area (Å²) in [6.45, 7) is 1.77. The highest BCUT2D eigenvalue weighted by atomic mass is 16.3. The van der Waals surface area contributed by atoms with Gasteiger partial charge in [-0.2, -0.15) is 0 Å². The van der Waals surface area contributed by atoms with E-state index in [4.69, 9.17) is 5.73 Å². The molecule has 0 radical (unpaired) electrons. The monoisotopic (exact) mass is 385 g/mol. The van der Waals surface area contributed by atoms with Gasteiger partial charge in [0.1, 0.15) is 22.7 Å². The third-order valence-corrected chi connectivity index (χ3v) is 6.22. The van der Waals surface area contributed by atoms with E-state index in [-0.39, 0.29) is 16.9 Å². The number of Topliss-reactive ketones (excluding diaryl/α,β-unsaturated/α-hetero) is 2. The Morgan fingerprint density at radius 1 is 1.25 bits per heavy atom. The number of aromatic hydroxyl groups is 1. The van der Waals surface area contributed by atoms with Crippen molar-refractivity contribution in [3.05, 3.63) is 52.3 Å². The van der Waals surface area contributed by atoms with Crippen molar-refractivity contribution in [1.82, 2.24) is 0 Å². The summed E-state index contributed by atoms with van der Waals surface area (Å²) < 4.78 is 0. The Morgan fingerprint density at radius 2 is 1.93 bits per heavy atom. The van der Waals surface area contributed by atoms with Crippen LogP contribution >= 0.6 is 0 Å². The second-order valence-electron chi connectivity index (χ2n) is 7.62. The van der Waals surface area contributed by atoms with Gasteiger partial charge in [0, 0.05) is 23.8 Å². The number of hydrogen-bond donors (Lipinski definition) is 5. The van der Waals surface area contributed by atoms with Gasteiger partial charge in [0.15, 0.2) is 11.6 Å². The molecule has 146 valence electrons. The zero-order valence-electron chi connectivity index (χ0n) is 14.9. The molecule has 0 aromatic heterocycles. The van der Waals surface area contributed by atoms with Gasteiger partial charge in [0.2, 0.25) is 0 Å². The highest BCUT2D eigenvalue weighted by Gasteiger charge is 2.58. The van der Waals surface area contributed by atoms with Gasteiger partial charge in [0.05, 0.1) is 11.7 Å². The van der Waals surface area contributed by atoms with Crippen molar-refractivity contribution in [3.8, 4) is 5.75 Å². The molecule has 6 N–H and O–H groups in total. The first-order chi connectivity index (χ1) is 13.1. The van der Waals surface area contributed by atoms with Crippen LogP contribution in [0.2, 0.25) is 0 Å². The van der Waals surface area contributed by atoms with Gasteiger partial charge in [-0.25, -0.2) is 0 Å². The second kappa shape index (κ2) is 5.76. The molecule has 0 aliphatic heterocycles. The van der Waals surface area contributed by atoms with Crippen LogP contribution in [-0.4, -0.2) is 49.6 Å². The third-order valence-electron chi connectivity index (χ3n) is 6.22.